The van der Waals surface area contributed by atoms with Crippen LogP contribution in [-0.2, 0) is 4.79 Å². The molecule has 0 aliphatic carbocycles. The fraction of sp³-hybridized carbons (Fsp3) is 0.800. The summed E-state index contributed by atoms with van der Waals surface area (Å²) in [5.41, 5.74) is 33.0. The Hall–Kier alpha value is -2.72. The SMILES string of the molecule is CC(=O)O.N=[N+]=N.N=[N+]=N.N=[N+]=N.OCC(O)CO. The summed E-state index contributed by atoms with van der Waals surface area (Å²) >= 11 is 0. The Morgan fingerprint density at radius 1 is 0.947 bits per heavy atom. The van der Waals surface area contributed by atoms with Crippen LogP contribution in [-0.4, -0.2) is 45.7 Å². The number of carboxylic acids is 1. The lowest BCUT2D eigenvalue weighted by atomic mass is 10.4. The minimum Gasteiger partial charge on any atom is -0.481 e. The Labute approximate surface area is 106 Å². The van der Waals surface area contributed by atoms with Gasteiger partial charge in [0.1, 0.15) is 39.3 Å². The van der Waals surface area contributed by atoms with Crippen molar-refractivity contribution < 1.29 is 25.2 Å². The van der Waals surface area contributed by atoms with Crippen molar-refractivity contribution in [1.29, 1.82) is 33.2 Å². The van der Waals surface area contributed by atoms with Crippen LogP contribution < -0.4 is 14.7 Å². The molecule has 14 nitrogen and oxygen atoms in total. The number of carbonyl (C=O) groups is 1. The number of carboxylic acid groups (broad SMARTS) is 1. The molecule has 0 amide bonds. The van der Waals surface area contributed by atoms with Crippen molar-refractivity contribution in [3.05, 3.63) is 0 Å². The van der Waals surface area contributed by atoms with Gasteiger partial charge in [-0.1, -0.05) is 0 Å². The van der Waals surface area contributed by atoms with Gasteiger partial charge in [-0.05, 0) is 0 Å². The predicted molar refractivity (Wildman–Crippen MR) is 56.2 cm³/mol. The Kier molecular flexibility index (Phi) is 71.5. The molecular formula is C5H18N9O5+3. The average molecular weight is 284 g/mol. The maximum Gasteiger partial charge on any atom is 0.300 e. The van der Waals surface area contributed by atoms with Crippen LogP contribution >= 0.6 is 0 Å². The van der Waals surface area contributed by atoms with Crippen LogP contribution in [0.3, 0.4) is 0 Å². The zero-order chi connectivity index (χ0) is 16.7. The standard InChI is InChI=1S/C3H8O3.C2H4O2.3H2N3/c4-1-3(6)2-5;1-2(3)4;3*1-3-2/h3-6H,1-2H2;1H3,(H,3,4);3*1-2H/q;;3*+1. The van der Waals surface area contributed by atoms with Crippen molar-refractivity contribution in [3.63, 3.8) is 0 Å². The Morgan fingerprint density at radius 3 is 1.05 bits per heavy atom. The largest absolute Gasteiger partial charge is 0.481 e. The smallest absolute Gasteiger partial charge is 0.300 e. The maximum atomic E-state index is 9.00. The summed E-state index contributed by atoms with van der Waals surface area (Å²) in [6.45, 7) is 0.354. The zero-order valence-electron chi connectivity index (χ0n) is 10.0. The van der Waals surface area contributed by atoms with Crippen LogP contribution in [0, 0.1) is 33.2 Å². The normalized spacial score (nSPS) is 5.74. The van der Waals surface area contributed by atoms with Gasteiger partial charge in [0.25, 0.3) is 5.97 Å². The minimum absolute atomic E-state index is 0.365. The summed E-state index contributed by atoms with van der Waals surface area (Å²) in [5.74, 6) is -0.833. The van der Waals surface area contributed by atoms with Crippen molar-refractivity contribution in [2.75, 3.05) is 13.2 Å². The fourth-order valence-corrected chi connectivity index (χ4v) is 0.0577. The van der Waals surface area contributed by atoms with Gasteiger partial charge in [0.05, 0.1) is 13.2 Å². The summed E-state index contributed by atoms with van der Waals surface area (Å²) in [5, 5.41) is 31.4. The van der Waals surface area contributed by atoms with Crippen molar-refractivity contribution in [3.8, 4) is 0 Å². The third kappa shape index (κ3) is 1640. The molecule has 0 aliphatic heterocycles. The van der Waals surface area contributed by atoms with Gasteiger partial charge in [-0.15, -0.1) is 0 Å². The van der Waals surface area contributed by atoms with E-state index in [9.17, 15) is 0 Å². The second-order valence-electron chi connectivity index (χ2n) is 1.87. The molecule has 0 heterocycles. The summed E-state index contributed by atoms with van der Waals surface area (Å²) in [6.07, 6.45) is -0.954. The first kappa shape index (κ1) is 29.9. The maximum absolute atomic E-state index is 9.00. The van der Waals surface area contributed by atoms with E-state index in [1.54, 1.807) is 0 Å². The molecule has 14 heteroatoms. The third-order valence-electron chi connectivity index (χ3n) is 0.421. The number of aliphatic hydroxyl groups is 3. The van der Waals surface area contributed by atoms with Gasteiger partial charge < -0.3 is 20.4 Å². The third-order valence-corrected chi connectivity index (χ3v) is 0.421. The van der Waals surface area contributed by atoms with Gasteiger partial charge in [-0.2, -0.15) is 0 Å². The van der Waals surface area contributed by atoms with Crippen molar-refractivity contribution in [2.45, 2.75) is 13.0 Å². The average Bonchev–Trinajstić information content (AvgIpc) is 2.30. The Morgan fingerprint density at radius 2 is 1.05 bits per heavy atom. The topological polar surface area (TPSA) is 283 Å². The number of aliphatic hydroxyl groups excluding tert-OH is 3. The van der Waals surface area contributed by atoms with Crippen molar-refractivity contribution in [2.24, 2.45) is 0 Å². The lowest BCUT2D eigenvalue weighted by molar-refractivity contribution is -0.134. The molecule has 0 aromatic rings. The zero-order valence-corrected chi connectivity index (χ0v) is 10.0. The molecule has 0 saturated heterocycles. The molecule has 0 aliphatic rings. The molecule has 110 valence electrons. The summed E-state index contributed by atoms with van der Waals surface area (Å²) < 4.78 is 0. The monoisotopic (exact) mass is 284 g/mol. The number of hydrogen-bond donors (Lipinski definition) is 10. The molecule has 0 aromatic heterocycles. The highest BCUT2D eigenvalue weighted by Crippen LogP contribution is 1.71. The molecule has 0 saturated carbocycles. The van der Waals surface area contributed by atoms with E-state index >= 15 is 0 Å². The van der Waals surface area contributed by atoms with Crippen LogP contribution in [0.4, 0.5) is 0 Å². The van der Waals surface area contributed by atoms with E-state index < -0.39 is 12.1 Å². The van der Waals surface area contributed by atoms with Crippen LogP contribution in [0.25, 0.3) is 0 Å². The van der Waals surface area contributed by atoms with Gasteiger partial charge in [0.2, 0.25) is 14.7 Å². The molecule has 0 aromatic carbocycles. The summed E-state index contributed by atoms with van der Waals surface area (Å²) in [7, 11) is 0. The van der Waals surface area contributed by atoms with E-state index in [4.69, 9.17) is 58.4 Å². The van der Waals surface area contributed by atoms with E-state index in [1.165, 1.54) is 0 Å². The first-order valence-electron chi connectivity index (χ1n) is 3.98. The number of hydrogen-bond acceptors (Lipinski definition) is 10. The van der Waals surface area contributed by atoms with E-state index in [1.807, 2.05) is 14.7 Å². The summed E-state index contributed by atoms with van der Waals surface area (Å²) in [6, 6.07) is 0. The highest BCUT2D eigenvalue weighted by molar-refractivity contribution is 5.62. The lowest BCUT2D eigenvalue weighted by Crippen LogP contribution is -2.15. The molecule has 19 heavy (non-hydrogen) atoms. The van der Waals surface area contributed by atoms with Crippen molar-refractivity contribution in [1.82, 2.24) is 14.7 Å². The predicted octanol–water partition coefficient (Wildman–Crippen LogP) is -1.23. The molecule has 0 atom stereocenters. The number of nitrogens with zero attached hydrogens (tertiary/aromatic N) is 3. The van der Waals surface area contributed by atoms with Gasteiger partial charge in [-0.3, -0.25) is 4.79 Å². The Bertz CT molecular complexity index is 240. The molecule has 0 unspecified atom stereocenters. The number of nitrogens with one attached hydrogen (secondary N) is 6. The summed E-state index contributed by atoms with van der Waals surface area (Å²) in [4.78, 5) is 15.0. The molecule has 0 fully saturated rings. The van der Waals surface area contributed by atoms with Crippen LogP contribution in [0.5, 0.6) is 0 Å². The first-order chi connectivity index (χ1) is 8.78. The molecule has 0 radical (unpaired) electrons. The highest BCUT2D eigenvalue weighted by Gasteiger charge is 1.93. The molecule has 0 bridgehead atoms. The number of aliphatic carboxylic acids is 1. The van der Waals surface area contributed by atoms with Crippen molar-refractivity contribution >= 4 is 5.97 Å². The van der Waals surface area contributed by atoms with Gasteiger partial charge in [0.15, 0.2) is 0 Å². The Balaban J connectivity index is -0.0000000448. The van der Waals surface area contributed by atoms with E-state index in [2.05, 4.69) is 0 Å². The first-order valence-corrected chi connectivity index (χ1v) is 3.98. The second kappa shape index (κ2) is 45.4. The van der Waals surface area contributed by atoms with Gasteiger partial charge in [0, 0.05) is 6.92 Å². The van der Waals surface area contributed by atoms with E-state index in [-0.39, 0.29) is 13.2 Å². The molecule has 0 rings (SSSR count). The molecule has 10 N–H and O–H groups in total. The van der Waals surface area contributed by atoms with E-state index in [0.717, 1.165) is 6.92 Å². The quantitative estimate of drug-likeness (QED) is 0.219. The van der Waals surface area contributed by atoms with Gasteiger partial charge in [-0.25, -0.2) is 0 Å². The lowest BCUT2D eigenvalue weighted by Gasteiger charge is -1.96. The second-order valence-corrected chi connectivity index (χ2v) is 1.87. The highest BCUT2D eigenvalue weighted by atomic mass is 16.4. The van der Waals surface area contributed by atoms with Crippen LogP contribution in [0.2, 0.25) is 0 Å². The van der Waals surface area contributed by atoms with Crippen LogP contribution in [0.1, 0.15) is 6.92 Å². The molecule has 0 spiro atoms. The van der Waals surface area contributed by atoms with E-state index in [0.29, 0.717) is 0 Å². The molecular weight excluding hydrogens is 266 g/mol. The fourth-order valence-electron chi connectivity index (χ4n) is 0.0577. The van der Waals surface area contributed by atoms with Gasteiger partial charge >= 0.3 is 0 Å². The minimum atomic E-state index is -0.954. The van der Waals surface area contributed by atoms with Crippen LogP contribution in [0.15, 0.2) is 0 Å². The number of rotatable bonds is 2.